The fraction of sp³-hybridized carbons (Fsp3) is 0.0909. The molecule has 2 N–H and O–H groups in total. The van der Waals surface area contributed by atoms with Gasteiger partial charge in [0.05, 0.1) is 18.1 Å². The van der Waals surface area contributed by atoms with Crippen LogP contribution in [0.5, 0.6) is 0 Å². The first-order chi connectivity index (χ1) is 7.24. The van der Waals surface area contributed by atoms with Crippen LogP contribution in [-0.4, -0.2) is 16.1 Å². The highest BCUT2D eigenvalue weighted by Gasteiger charge is 2.12. The number of benzene rings is 1. The second-order valence-corrected chi connectivity index (χ2v) is 3.18. The Balaban J connectivity index is 2.76. The smallest absolute Gasteiger partial charge is 0.336 e. The SMILES string of the molecule is N#CCc1c[nH]c2cccc(C(=O)O)c12. The minimum atomic E-state index is -0.973. The van der Waals surface area contributed by atoms with E-state index in [2.05, 4.69) is 4.98 Å². The Bertz CT molecular complexity index is 563. The molecule has 0 aliphatic rings. The van der Waals surface area contributed by atoms with Gasteiger partial charge in [-0.25, -0.2) is 4.79 Å². The lowest BCUT2D eigenvalue weighted by Crippen LogP contribution is -1.97. The number of carboxylic acid groups (broad SMARTS) is 1. The first kappa shape index (κ1) is 9.28. The highest BCUT2D eigenvalue weighted by molar-refractivity contribution is 6.04. The monoisotopic (exact) mass is 200 g/mol. The first-order valence-electron chi connectivity index (χ1n) is 4.43. The molecule has 1 heterocycles. The number of rotatable bonds is 2. The molecule has 74 valence electrons. The number of H-pyrrole nitrogens is 1. The molecule has 0 unspecified atom stereocenters. The van der Waals surface area contributed by atoms with Crippen molar-refractivity contribution in [1.82, 2.24) is 4.98 Å². The molecule has 4 heteroatoms. The van der Waals surface area contributed by atoms with E-state index < -0.39 is 5.97 Å². The van der Waals surface area contributed by atoms with Gasteiger partial charge in [0, 0.05) is 17.1 Å². The van der Waals surface area contributed by atoms with E-state index in [1.165, 1.54) is 0 Å². The van der Waals surface area contributed by atoms with Crippen LogP contribution in [0.25, 0.3) is 10.9 Å². The fourth-order valence-corrected chi connectivity index (χ4v) is 1.66. The molecule has 1 aromatic heterocycles. The molecule has 4 nitrogen and oxygen atoms in total. The predicted molar refractivity (Wildman–Crippen MR) is 54.6 cm³/mol. The highest BCUT2D eigenvalue weighted by atomic mass is 16.4. The summed E-state index contributed by atoms with van der Waals surface area (Å²) in [7, 11) is 0. The molecule has 0 aliphatic heterocycles. The van der Waals surface area contributed by atoms with Crippen molar-refractivity contribution >= 4 is 16.9 Å². The lowest BCUT2D eigenvalue weighted by Gasteiger charge is -1.98. The summed E-state index contributed by atoms with van der Waals surface area (Å²) >= 11 is 0. The Hall–Kier alpha value is -2.28. The van der Waals surface area contributed by atoms with Crippen LogP contribution in [0.2, 0.25) is 0 Å². The van der Waals surface area contributed by atoms with E-state index in [4.69, 9.17) is 10.4 Å². The summed E-state index contributed by atoms with van der Waals surface area (Å²) in [5.74, 6) is -0.973. The fourth-order valence-electron chi connectivity index (χ4n) is 1.66. The van der Waals surface area contributed by atoms with Gasteiger partial charge in [0.2, 0.25) is 0 Å². The van der Waals surface area contributed by atoms with Gasteiger partial charge < -0.3 is 10.1 Å². The average molecular weight is 200 g/mol. The largest absolute Gasteiger partial charge is 0.478 e. The topological polar surface area (TPSA) is 76.9 Å². The third-order valence-electron chi connectivity index (χ3n) is 2.29. The van der Waals surface area contributed by atoms with Crippen molar-refractivity contribution in [2.45, 2.75) is 6.42 Å². The predicted octanol–water partition coefficient (Wildman–Crippen LogP) is 1.93. The summed E-state index contributed by atoms with van der Waals surface area (Å²) in [6.07, 6.45) is 1.89. The molecule has 0 amide bonds. The maximum absolute atomic E-state index is 11.0. The minimum absolute atomic E-state index is 0.213. The number of aromatic carboxylic acids is 1. The van der Waals surface area contributed by atoms with E-state index in [0.29, 0.717) is 5.39 Å². The zero-order chi connectivity index (χ0) is 10.8. The van der Waals surface area contributed by atoms with Gasteiger partial charge in [0.25, 0.3) is 0 Å². The van der Waals surface area contributed by atoms with Crippen molar-refractivity contribution in [3.8, 4) is 6.07 Å². The van der Waals surface area contributed by atoms with E-state index in [0.717, 1.165) is 11.1 Å². The van der Waals surface area contributed by atoms with Gasteiger partial charge in [0.1, 0.15) is 0 Å². The number of fused-ring (bicyclic) bond motifs is 1. The van der Waals surface area contributed by atoms with Crippen LogP contribution in [0.1, 0.15) is 15.9 Å². The number of aromatic amines is 1. The van der Waals surface area contributed by atoms with Crippen LogP contribution in [0.4, 0.5) is 0 Å². The van der Waals surface area contributed by atoms with Crippen molar-refractivity contribution in [3.05, 3.63) is 35.5 Å². The molecule has 0 saturated heterocycles. The van der Waals surface area contributed by atoms with Crippen LogP contribution in [-0.2, 0) is 6.42 Å². The zero-order valence-electron chi connectivity index (χ0n) is 7.82. The van der Waals surface area contributed by atoms with Gasteiger partial charge in [-0.2, -0.15) is 5.26 Å². The summed E-state index contributed by atoms with van der Waals surface area (Å²) < 4.78 is 0. The number of hydrogen-bond acceptors (Lipinski definition) is 2. The summed E-state index contributed by atoms with van der Waals surface area (Å²) in [4.78, 5) is 13.9. The second kappa shape index (κ2) is 3.46. The first-order valence-corrected chi connectivity index (χ1v) is 4.43. The summed E-state index contributed by atoms with van der Waals surface area (Å²) in [6, 6.07) is 7.03. The maximum atomic E-state index is 11.0. The summed E-state index contributed by atoms with van der Waals surface area (Å²) in [6.45, 7) is 0. The third kappa shape index (κ3) is 1.44. The number of nitriles is 1. The van der Waals surface area contributed by atoms with Gasteiger partial charge in [0.15, 0.2) is 0 Å². The Morgan fingerprint density at radius 2 is 2.33 bits per heavy atom. The molecule has 0 saturated carbocycles. The molecule has 0 radical (unpaired) electrons. The number of nitrogens with zero attached hydrogens (tertiary/aromatic N) is 1. The highest BCUT2D eigenvalue weighted by Crippen LogP contribution is 2.22. The van der Waals surface area contributed by atoms with Crippen molar-refractivity contribution in [2.24, 2.45) is 0 Å². The molecular weight excluding hydrogens is 192 g/mol. The van der Waals surface area contributed by atoms with Gasteiger partial charge in [-0.1, -0.05) is 6.07 Å². The number of aromatic nitrogens is 1. The van der Waals surface area contributed by atoms with Crippen LogP contribution < -0.4 is 0 Å². The molecule has 0 atom stereocenters. The lowest BCUT2D eigenvalue weighted by atomic mass is 10.1. The normalized spacial score (nSPS) is 10.1. The van der Waals surface area contributed by atoms with E-state index >= 15 is 0 Å². The van der Waals surface area contributed by atoms with Crippen LogP contribution >= 0.6 is 0 Å². The Labute approximate surface area is 85.8 Å². The van der Waals surface area contributed by atoms with Crippen LogP contribution in [0.15, 0.2) is 24.4 Å². The standard InChI is InChI=1S/C11H8N2O2/c12-5-4-7-6-13-9-3-1-2-8(10(7)9)11(14)15/h1-3,6,13H,4H2,(H,14,15). The lowest BCUT2D eigenvalue weighted by molar-refractivity contribution is 0.0699. The van der Waals surface area contributed by atoms with E-state index in [9.17, 15) is 4.79 Å². The summed E-state index contributed by atoms with van der Waals surface area (Å²) in [5, 5.41) is 18.2. The van der Waals surface area contributed by atoms with Crippen molar-refractivity contribution in [2.75, 3.05) is 0 Å². The number of hydrogen-bond donors (Lipinski definition) is 2. The third-order valence-corrected chi connectivity index (χ3v) is 2.29. The van der Waals surface area contributed by atoms with Crippen molar-refractivity contribution in [1.29, 1.82) is 5.26 Å². The van der Waals surface area contributed by atoms with Gasteiger partial charge in [-0.3, -0.25) is 0 Å². The number of nitrogens with one attached hydrogen (secondary N) is 1. The second-order valence-electron chi connectivity index (χ2n) is 3.18. The Kier molecular flexibility index (Phi) is 2.14. The zero-order valence-corrected chi connectivity index (χ0v) is 7.82. The Morgan fingerprint density at radius 1 is 1.53 bits per heavy atom. The molecule has 0 spiro atoms. The molecular formula is C11H8N2O2. The Morgan fingerprint density at radius 3 is 3.00 bits per heavy atom. The van der Waals surface area contributed by atoms with E-state index in [-0.39, 0.29) is 12.0 Å². The number of carbonyl (C=O) groups is 1. The number of carboxylic acids is 1. The van der Waals surface area contributed by atoms with Gasteiger partial charge in [-0.15, -0.1) is 0 Å². The van der Waals surface area contributed by atoms with Crippen molar-refractivity contribution < 1.29 is 9.90 Å². The van der Waals surface area contributed by atoms with Gasteiger partial charge >= 0.3 is 5.97 Å². The minimum Gasteiger partial charge on any atom is -0.478 e. The molecule has 0 fully saturated rings. The average Bonchev–Trinajstić information content (AvgIpc) is 2.62. The van der Waals surface area contributed by atoms with Gasteiger partial charge in [-0.05, 0) is 17.7 Å². The molecule has 0 bridgehead atoms. The molecule has 2 aromatic rings. The summed E-state index contributed by atoms with van der Waals surface area (Å²) in [5.41, 5.74) is 1.71. The molecule has 15 heavy (non-hydrogen) atoms. The molecule has 1 aromatic carbocycles. The molecule has 0 aliphatic carbocycles. The maximum Gasteiger partial charge on any atom is 0.336 e. The van der Waals surface area contributed by atoms with E-state index in [1.54, 1.807) is 24.4 Å². The molecule has 2 rings (SSSR count). The van der Waals surface area contributed by atoms with Crippen LogP contribution in [0.3, 0.4) is 0 Å². The van der Waals surface area contributed by atoms with Crippen LogP contribution in [0, 0.1) is 11.3 Å². The quantitative estimate of drug-likeness (QED) is 0.777. The van der Waals surface area contributed by atoms with Crippen molar-refractivity contribution in [3.63, 3.8) is 0 Å². The van der Waals surface area contributed by atoms with E-state index in [1.807, 2.05) is 6.07 Å².